The van der Waals surface area contributed by atoms with E-state index in [0.29, 0.717) is 0 Å². The molecular weight excluding hydrogens is 252 g/mol. The molecular formula is C7H4BrFeO2-. The molecule has 0 N–H and O–H groups in total. The average molecular weight is 256 g/mol. The van der Waals surface area contributed by atoms with Gasteiger partial charge < -0.3 is 0 Å². The predicted octanol–water partition coefficient (Wildman–Crippen LogP) is 1.37. The zero-order valence-corrected chi connectivity index (χ0v) is 8.05. The molecule has 0 saturated heterocycles. The van der Waals surface area contributed by atoms with Gasteiger partial charge >= 0.3 is 33.2 Å². The van der Waals surface area contributed by atoms with Crippen molar-refractivity contribution in [3.05, 3.63) is 28.7 Å². The summed E-state index contributed by atoms with van der Waals surface area (Å²) in [4.78, 5) is 20.7. The van der Waals surface area contributed by atoms with Crippen molar-refractivity contribution in [2.45, 2.75) is 0 Å². The maximum absolute atomic E-state index is 9.02. The summed E-state index contributed by atoms with van der Waals surface area (Å²) in [6.45, 7) is 0. The number of carbonyl (C=O) groups excluding carboxylic acids is 2. The first kappa shape index (κ1) is 10.5. The fourth-order valence-corrected chi connectivity index (χ4v) is 0.716. The molecule has 4 heteroatoms. The minimum absolute atomic E-state index is 0.222. The molecule has 0 saturated carbocycles. The fourth-order valence-electron chi connectivity index (χ4n) is 0.365. The van der Waals surface area contributed by atoms with E-state index in [0.717, 1.165) is 4.47 Å². The van der Waals surface area contributed by atoms with Crippen LogP contribution in [0.1, 0.15) is 0 Å². The van der Waals surface area contributed by atoms with Crippen molar-refractivity contribution in [1.29, 1.82) is 0 Å². The van der Waals surface area contributed by atoms with Crippen LogP contribution in [-0.2, 0) is 23.7 Å². The quantitative estimate of drug-likeness (QED) is 0.519. The van der Waals surface area contributed by atoms with Crippen LogP contribution in [0.25, 0.3) is 0 Å². The van der Waals surface area contributed by atoms with Crippen molar-refractivity contribution in [1.82, 2.24) is 0 Å². The maximum atomic E-state index is 9.02. The molecule has 0 aliphatic carbocycles. The first-order valence-corrected chi connectivity index (χ1v) is 4.43. The molecule has 11 heavy (non-hydrogen) atoms. The summed E-state index contributed by atoms with van der Waals surface area (Å²) >= 11 is 3.06. The van der Waals surface area contributed by atoms with Crippen molar-refractivity contribution in [2.24, 2.45) is 0 Å². The van der Waals surface area contributed by atoms with Crippen LogP contribution in [0.4, 0.5) is 0 Å². The molecule has 0 heterocycles. The predicted molar refractivity (Wildman–Crippen MR) is 41.1 cm³/mol. The molecule has 0 bridgehead atoms. The van der Waals surface area contributed by atoms with Crippen molar-refractivity contribution in [3.8, 4) is 0 Å². The summed E-state index contributed by atoms with van der Waals surface area (Å²) in [7, 11) is 0. The van der Waals surface area contributed by atoms with Gasteiger partial charge in [0, 0.05) is 0 Å². The molecule has 0 unspecified atom stereocenters. The van der Waals surface area contributed by atoms with Crippen LogP contribution in [0.3, 0.4) is 0 Å². The molecule has 0 amide bonds. The number of rotatable bonds is 0. The van der Waals surface area contributed by atoms with Crippen LogP contribution >= 0.6 is 15.9 Å². The second-order valence-electron chi connectivity index (χ2n) is 1.34. The van der Waals surface area contributed by atoms with E-state index in [1.54, 1.807) is 0 Å². The molecule has 0 aliphatic heterocycles. The van der Waals surface area contributed by atoms with Crippen molar-refractivity contribution in [3.63, 3.8) is 0 Å². The number of hydrogen-bond acceptors (Lipinski definition) is 2. The molecule has 1 aromatic rings. The van der Waals surface area contributed by atoms with Gasteiger partial charge in [-0.2, -0.15) is 12.1 Å². The summed E-state index contributed by atoms with van der Waals surface area (Å²) in [5, 5.41) is 0. The third-order valence-electron chi connectivity index (χ3n) is 0.694. The Morgan fingerprint density at radius 3 is 1.73 bits per heavy atom. The molecule has 2 nitrogen and oxygen atoms in total. The fraction of sp³-hybridized carbons (Fsp3) is 0. The van der Waals surface area contributed by atoms with Gasteiger partial charge in [-0.1, -0.05) is 4.47 Å². The second-order valence-corrected chi connectivity index (χ2v) is 2.98. The monoisotopic (exact) mass is 255 g/mol. The van der Waals surface area contributed by atoms with E-state index in [2.05, 4.69) is 15.9 Å². The Hall–Kier alpha value is -0.491. The molecule has 0 spiro atoms. The van der Waals surface area contributed by atoms with Gasteiger partial charge in [0.2, 0.25) is 0 Å². The second kappa shape index (κ2) is 7.61. The van der Waals surface area contributed by atoms with Gasteiger partial charge in [0.1, 0.15) is 0 Å². The number of hydrogen-bond donors (Lipinski definition) is 0. The summed E-state index contributed by atoms with van der Waals surface area (Å²) in [5.74, 6) is 0. The Bertz CT molecular complexity index is 276. The SMILES string of the molecule is Br[c-]1cccc1.O=[C]=[Fe]=[C]=O. The van der Waals surface area contributed by atoms with Crippen LogP contribution < -0.4 is 0 Å². The zero-order chi connectivity index (χ0) is 8.53. The average Bonchev–Trinajstić information content (AvgIpc) is 2.43. The molecule has 1 aromatic carbocycles. The minimum atomic E-state index is -0.222. The van der Waals surface area contributed by atoms with Gasteiger partial charge in [0.05, 0.1) is 0 Å². The van der Waals surface area contributed by atoms with Crippen molar-refractivity contribution in [2.75, 3.05) is 0 Å². The van der Waals surface area contributed by atoms with E-state index in [9.17, 15) is 0 Å². The van der Waals surface area contributed by atoms with E-state index in [1.165, 1.54) is 9.57 Å². The van der Waals surface area contributed by atoms with Crippen LogP contribution in [0.2, 0.25) is 0 Å². The summed E-state index contributed by atoms with van der Waals surface area (Å²) in [6, 6.07) is 7.98. The van der Waals surface area contributed by atoms with Gasteiger partial charge in [0.25, 0.3) is 0 Å². The van der Waals surface area contributed by atoms with Gasteiger partial charge in [-0.25, -0.2) is 12.1 Å². The van der Waals surface area contributed by atoms with E-state index in [4.69, 9.17) is 9.59 Å². The normalized spacial score (nSPS) is 7.00. The van der Waals surface area contributed by atoms with Crippen LogP contribution in [0.15, 0.2) is 28.7 Å². The Morgan fingerprint density at radius 2 is 1.64 bits per heavy atom. The van der Waals surface area contributed by atoms with Crippen LogP contribution in [0.5, 0.6) is 0 Å². The molecule has 0 radical (unpaired) electrons. The Morgan fingerprint density at radius 1 is 1.18 bits per heavy atom. The topological polar surface area (TPSA) is 34.1 Å². The Balaban J connectivity index is 0.000000187. The van der Waals surface area contributed by atoms with E-state index < -0.39 is 0 Å². The molecule has 0 atom stereocenters. The first-order chi connectivity index (χ1) is 5.31. The van der Waals surface area contributed by atoms with Gasteiger partial charge in [-0.3, -0.25) is 0 Å². The van der Waals surface area contributed by atoms with Crippen molar-refractivity contribution >= 4 is 25.5 Å². The van der Waals surface area contributed by atoms with E-state index >= 15 is 0 Å². The molecule has 0 aliphatic rings. The Kier molecular flexibility index (Phi) is 7.28. The molecule has 1 rings (SSSR count). The molecule has 0 aromatic heterocycles. The molecule has 0 fully saturated rings. The Labute approximate surface area is 78.0 Å². The van der Waals surface area contributed by atoms with Crippen LogP contribution in [0, 0.1) is 0 Å². The molecule has 60 valence electrons. The summed E-state index contributed by atoms with van der Waals surface area (Å²) < 4.78 is 1.16. The number of halogens is 1. The van der Waals surface area contributed by atoms with Crippen LogP contribution in [-0.4, -0.2) is 9.57 Å². The van der Waals surface area contributed by atoms with E-state index in [1.807, 2.05) is 24.3 Å². The van der Waals surface area contributed by atoms with Gasteiger partial charge in [-0.15, -0.1) is 15.9 Å². The van der Waals surface area contributed by atoms with E-state index in [-0.39, 0.29) is 14.1 Å². The van der Waals surface area contributed by atoms with Gasteiger partial charge in [0.15, 0.2) is 0 Å². The third kappa shape index (κ3) is 7.41. The first-order valence-electron chi connectivity index (χ1n) is 2.53. The van der Waals surface area contributed by atoms with Gasteiger partial charge in [-0.05, 0) is 0 Å². The summed E-state index contributed by atoms with van der Waals surface area (Å²) in [6.07, 6.45) is 0. The standard InChI is InChI=1S/C5H4Br.2CO.Fe/c6-5-3-1-2-4-5;2*1-2;/h1-4H;;;/q-1;;;. The summed E-state index contributed by atoms with van der Waals surface area (Å²) in [5.41, 5.74) is 0. The third-order valence-corrected chi connectivity index (χ3v) is 1.45. The van der Waals surface area contributed by atoms with Crippen molar-refractivity contribution < 1.29 is 23.7 Å². The zero-order valence-electron chi connectivity index (χ0n) is 5.36.